The van der Waals surface area contributed by atoms with E-state index in [-0.39, 0.29) is 11.7 Å². The van der Waals surface area contributed by atoms with Gasteiger partial charge in [-0.2, -0.15) is 0 Å². The Labute approximate surface area is 162 Å². The van der Waals surface area contributed by atoms with Gasteiger partial charge in [0.25, 0.3) is 11.7 Å². The van der Waals surface area contributed by atoms with Crippen LogP contribution in [0.1, 0.15) is 15.9 Å². The molecule has 0 radical (unpaired) electrons. The summed E-state index contributed by atoms with van der Waals surface area (Å²) < 4.78 is 0. The summed E-state index contributed by atoms with van der Waals surface area (Å²) in [7, 11) is 1.60. The lowest BCUT2D eigenvalue weighted by molar-refractivity contribution is 0.0992. The summed E-state index contributed by atoms with van der Waals surface area (Å²) in [5.74, 6) is 0.0500. The minimum Gasteiger partial charge on any atom is -0.506 e. The van der Waals surface area contributed by atoms with E-state index in [0.29, 0.717) is 27.7 Å². The Balaban J connectivity index is 2.02. The summed E-state index contributed by atoms with van der Waals surface area (Å²) in [6, 6.07) is 13.3. The van der Waals surface area contributed by atoms with Gasteiger partial charge in [0.05, 0.1) is 5.69 Å². The molecule has 0 aliphatic rings. The molecule has 0 aliphatic heterocycles. The average Bonchev–Trinajstić information content (AvgIpc) is 2.68. The van der Waals surface area contributed by atoms with Crippen LogP contribution in [-0.2, 0) is 0 Å². The SMILES string of the molecule is [C-]#[N+]c1cc(C)c(-c2cc(C(=O)N(C)c3ccccc3O)ccc2Cl)cn1. The molecule has 1 amide bonds. The van der Waals surface area contributed by atoms with Crippen LogP contribution in [0.25, 0.3) is 16.0 Å². The number of rotatable bonds is 3. The largest absolute Gasteiger partial charge is 0.506 e. The molecule has 0 aliphatic carbocycles. The Morgan fingerprint density at radius 2 is 1.93 bits per heavy atom. The molecule has 0 unspecified atom stereocenters. The number of carbonyl (C=O) groups excluding carboxylic acids is 1. The van der Waals surface area contributed by atoms with Crippen molar-refractivity contribution in [3.63, 3.8) is 0 Å². The number of para-hydroxylation sites is 2. The van der Waals surface area contributed by atoms with E-state index in [4.69, 9.17) is 18.2 Å². The number of pyridine rings is 1. The lowest BCUT2D eigenvalue weighted by atomic mass is 10.00. The van der Waals surface area contributed by atoms with Gasteiger partial charge in [0.1, 0.15) is 11.9 Å². The topological polar surface area (TPSA) is 57.8 Å². The van der Waals surface area contributed by atoms with Crippen LogP contribution in [0.5, 0.6) is 5.75 Å². The highest BCUT2D eigenvalue weighted by Gasteiger charge is 2.18. The minimum atomic E-state index is -0.280. The van der Waals surface area contributed by atoms with Gasteiger partial charge in [-0.15, -0.1) is 4.98 Å². The Hall–Kier alpha value is -3.36. The first-order valence-electron chi connectivity index (χ1n) is 8.12. The molecule has 6 heteroatoms. The molecular weight excluding hydrogens is 362 g/mol. The van der Waals surface area contributed by atoms with E-state index >= 15 is 0 Å². The first-order valence-corrected chi connectivity index (χ1v) is 8.50. The fourth-order valence-corrected chi connectivity index (χ4v) is 3.02. The van der Waals surface area contributed by atoms with E-state index in [1.807, 2.05) is 6.92 Å². The van der Waals surface area contributed by atoms with E-state index in [2.05, 4.69) is 9.83 Å². The van der Waals surface area contributed by atoms with Crippen molar-refractivity contribution in [3.8, 4) is 16.9 Å². The quantitative estimate of drug-likeness (QED) is 0.635. The molecule has 0 saturated carbocycles. The molecule has 1 heterocycles. The lowest BCUT2D eigenvalue weighted by Gasteiger charge is -2.19. The molecule has 0 fully saturated rings. The van der Waals surface area contributed by atoms with Crippen molar-refractivity contribution in [2.45, 2.75) is 6.92 Å². The number of anilines is 1. The summed E-state index contributed by atoms with van der Waals surface area (Å²) in [6.45, 7) is 8.93. The molecule has 5 nitrogen and oxygen atoms in total. The molecule has 1 aromatic heterocycles. The summed E-state index contributed by atoms with van der Waals surface area (Å²) in [5, 5.41) is 10.5. The second kappa shape index (κ2) is 7.48. The number of carbonyl (C=O) groups is 1. The second-order valence-corrected chi connectivity index (χ2v) is 6.42. The Morgan fingerprint density at radius 1 is 1.19 bits per heavy atom. The first kappa shape index (κ1) is 18.4. The number of aryl methyl sites for hydroxylation is 1. The maximum absolute atomic E-state index is 12.9. The van der Waals surface area contributed by atoms with E-state index in [9.17, 15) is 9.90 Å². The van der Waals surface area contributed by atoms with Gasteiger partial charge in [0.15, 0.2) is 0 Å². The number of phenolic OH excluding ortho intramolecular Hbond substituents is 1. The Bertz CT molecular complexity index is 1070. The molecule has 27 heavy (non-hydrogen) atoms. The number of hydrogen-bond acceptors (Lipinski definition) is 3. The molecule has 3 aromatic rings. The van der Waals surface area contributed by atoms with Crippen molar-refractivity contribution < 1.29 is 9.90 Å². The van der Waals surface area contributed by atoms with Gasteiger partial charge >= 0.3 is 0 Å². The van der Waals surface area contributed by atoms with Crippen LogP contribution in [-0.4, -0.2) is 23.0 Å². The van der Waals surface area contributed by atoms with Crippen LogP contribution in [0.15, 0.2) is 54.7 Å². The van der Waals surface area contributed by atoms with Crippen LogP contribution >= 0.6 is 11.6 Å². The molecule has 1 N–H and O–H groups in total. The monoisotopic (exact) mass is 377 g/mol. The van der Waals surface area contributed by atoms with Crippen LogP contribution in [0.2, 0.25) is 5.02 Å². The van der Waals surface area contributed by atoms with E-state index in [1.54, 1.807) is 55.7 Å². The molecule has 0 saturated heterocycles. The predicted octanol–water partition coefficient (Wildman–Crippen LogP) is 5.24. The summed E-state index contributed by atoms with van der Waals surface area (Å²) in [4.78, 5) is 21.7. The standard InChI is InChI=1S/C21H16ClN3O2/c1-13-10-20(23-2)24-12-16(13)15-11-14(8-9-17(15)22)21(27)25(3)18-6-4-5-7-19(18)26/h4-12,26H,1,3H3. The summed E-state index contributed by atoms with van der Waals surface area (Å²) in [6.07, 6.45) is 1.59. The number of phenols is 1. The van der Waals surface area contributed by atoms with Gasteiger partial charge < -0.3 is 14.9 Å². The van der Waals surface area contributed by atoms with Gasteiger partial charge in [-0.3, -0.25) is 4.79 Å². The third kappa shape index (κ3) is 3.62. The van der Waals surface area contributed by atoms with Crippen LogP contribution < -0.4 is 4.90 Å². The van der Waals surface area contributed by atoms with Crippen molar-refractivity contribution in [2.24, 2.45) is 0 Å². The third-order valence-corrected chi connectivity index (χ3v) is 4.59. The normalized spacial score (nSPS) is 10.3. The Kier molecular flexibility index (Phi) is 5.11. The highest BCUT2D eigenvalue weighted by Crippen LogP contribution is 2.33. The fraction of sp³-hybridized carbons (Fsp3) is 0.0952. The molecule has 2 aromatic carbocycles. The predicted molar refractivity (Wildman–Crippen MR) is 107 cm³/mol. The molecular formula is C21H16ClN3O2. The molecule has 0 spiro atoms. The number of amides is 1. The van der Waals surface area contributed by atoms with Gasteiger partial charge in [0.2, 0.25) is 0 Å². The zero-order valence-corrected chi connectivity index (χ0v) is 15.5. The van der Waals surface area contributed by atoms with E-state index in [0.717, 1.165) is 11.1 Å². The zero-order valence-electron chi connectivity index (χ0n) is 14.8. The van der Waals surface area contributed by atoms with Crippen LogP contribution in [0.3, 0.4) is 0 Å². The first-order chi connectivity index (χ1) is 12.9. The number of nitrogens with zero attached hydrogens (tertiary/aromatic N) is 3. The highest BCUT2D eigenvalue weighted by molar-refractivity contribution is 6.33. The molecule has 0 atom stereocenters. The van der Waals surface area contributed by atoms with Gasteiger partial charge in [-0.25, -0.2) is 0 Å². The summed E-state index contributed by atoms with van der Waals surface area (Å²) >= 11 is 6.35. The average molecular weight is 378 g/mol. The number of hydrogen-bond donors (Lipinski definition) is 1. The third-order valence-electron chi connectivity index (χ3n) is 4.26. The maximum atomic E-state index is 12.9. The molecule has 3 rings (SSSR count). The smallest absolute Gasteiger partial charge is 0.269 e. The van der Waals surface area contributed by atoms with Gasteiger partial charge in [-0.05, 0) is 48.9 Å². The zero-order chi connectivity index (χ0) is 19.6. The van der Waals surface area contributed by atoms with Crippen LogP contribution in [0.4, 0.5) is 11.5 Å². The van der Waals surface area contributed by atoms with E-state index < -0.39 is 0 Å². The molecule has 0 bridgehead atoms. The fourth-order valence-electron chi connectivity index (χ4n) is 2.80. The van der Waals surface area contributed by atoms with Gasteiger partial charge in [-0.1, -0.05) is 30.3 Å². The number of aromatic nitrogens is 1. The Morgan fingerprint density at radius 3 is 2.59 bits per heavy atom. The van der Waals surface area contributed by atoms with Crippen molar-refractivity contribution in [1.82, 2.24) is 4.98 Å². The number of aromatic hydroxyl groups is 1. The van der Waals surface area contributed by atoms with Crippen LogP contribution in [0, 0.1) is 13.5 Å². The summed E-state index contributed by atoms with van der Waals surface area (Å²) in [5.41, 5.74) is 3.10. The van der Waals surface area contributed by atoms with Gasteiger partial charge in [0, 0.05) is 28.8 Å². The highest BCUT2D eigenvalue weighted by atomic mass is 35.5. The lowest BCUT2D eigenvalue weighted by Crippen LogP contribution is -2.26. The maximum Gasteiger partial charge on any atom is 0.269 e. The minimum absolute atomic E-state index is 0.0253. The van der Waals surface area contributed by atoms with E-state index in [1.165, 1.54) is 11.0 Å². The van der Waals surface area contributed by atoms with Crippen molar-refractivity contribution >= 4 is 29.0 Å². The number of halogens is 1. The van der Waals surface area contributed by atoms with Crippen molar-refractivity contribution in [2.75, 3.05) is 11.9 Å². The van der Waals surface area contributed by atoms with Crippen molar-refractivity contribution in [1.29, 1.82) is 0 Å². The molecule has 134 valence electrons. The van der Waals surface area contributed by atoms with Crippen molar-refractivity contribution in [3.05, 3.63) is 82.3 Å². The number of benzene rings is 2. The second-order valence-electron chi connectivity index (χ2n) is 6.02.